The fourth-order valence-electron chi connectivity index (χ4n) is 2.07. The molecule has 0 heterocycles. The summed E-state index contributed by atoms with van der Waals surface area (Å²) in [5, 5.41) is 9.03. The Labute approximate surface area is 122 Å². The predicted octanol–water partition coefficient (Wildman–Crippen LogP) is 1.26. The molecule has 1 saturated carbocycles. The second-order valence-electron chi connectivity index (χ2n) is 4.89. The minimum absolute atomic E-state index is 0.00923. The molecule has 0 aromatic heterocycles. The monoisotopic (exact) mass is 321 g/mol. The van der Waals surface area contributed by atoms with E-state index in [2.05, 4.69) is 0 Å². The van der Waals surface area contributed by atoms with Crippen molar-refractivity contribution in [1.29, 1.82) is 0 Å². The standard InChI is InChI=1S/C13H17F2NO4S/c1-20-5-4-16(10-2-3-10)21(18,19)12-7-9(8-17)6-11(14)13(12)15/h6-7,10,17H,2-5,8H2,1H3. The van der Waals surface area contributed by atoms with Gasteiger partial charge >= 0.3 is 0 Å². The van der Waals surface area contributed by atoms with E-state index in [1.54, 1.807) is 0 Å². The molecule has 8 heteroatoms. The van der Waals surface area contributed by atoms with E-state index >= 15 is 0 Å². The molecule has 1 fully saturated rings. The van der Waals surface area contributed by atoms with Gasteiger partial charge in [0.2, 0.25) is 10.0 Å². The maximum Gasteiger partial charge on any atom is 0.246 e. The molecule has 1 aromatic rings. The highest BCUT2D eigenvalue weighted by Crippen LogP contribution is 2.33. The van der Waals surface area contributed by atoms with Crippen LogP contribution in [0.4, 0.5) is 8.78 Å². The quantitative estimate of drug-likeness (QED) is 0.821. The normalized spacial score (nSPS) is 15.7. The third kappa shape index (κ3) is 3.39. The first-order chi connectivity index (χ1) is 9.91. The molecule has 0 amide bonds. The minimum Gasteiger partial charge on any atom is -0.392 e. The Morgan fingerprint density at radius 3 is 2.57 bits per heavy atom. The summed E-state index contributed by atoms with van der Waals surface area (Å²) in [6.45, 7) is -0.325. The molecule has 0 bridgehead atoms. The van der Waals surface area contributed by atoms with Gasteiger partial charge in [-0.1, -0.05) is 0 Å². The predicted molar refractivity (Wildman–Crippen MR) is 71.1 cm³/mol. The summed E-state index contributed by atoms with van der Waals surface area (Å²) >= 11 is 0. The van der Waals surface area contributed by atoms with Crippen LogP contribution in [0.2, 0.25) is 0 Å². The number of aliphatic hydroxyl groups is 1. The minimum atomic E-state index is -4.17. The van der Waals surface area contributed by atoms with Gasteiger partial charge in [0.1, 0.15) is 4.90 Å². The molecule has 5 nitrogen and oxygen atoms in total. The molecule has 0 saturated heterocycles. The summed E-state index contributed by atoms with van der Waals surface area (Å²) in [6.07, 6.45) is 1.37. The second kappa shape index (κ2) is 6.35. The lowest BCUT2D eigenvalue weighted by Crippen LogP contribution is -2.36. The first-order valence-electron chi connectivity index (χ1n) is 6.51. The number of sulfonamides is 1. The van der Waals surface area contributed by atoms with Gasteiger partial charge in [0, 0.05) is 19.7 Å². The van der Waals surface area contributed by atoms with Crippen LogP contribution in [0.1, 0.15) is 18.4 Å². The molecule has 1 aromatic carbocycles. The van der Waals surface area contributed by atoms with E-state index in [4.69, 9.17) is 9.84 Å². The molecule has 1 aliphatic rings. The van der Waals surface area contributed by atoms with Gasteiger partial charge in [-0.2, -0.15) is 4.31 Å². The molecule has 0 atom stereocenters. The zero-order chi connectivity index (χ0) is 15.6. The van der Waals surface area contributed by atoms with Crippen molar-refractivity contribution in [3.8, 4) is 0 Å². The third-order valence-corrected chi connectivity index (χ3v) is 5.24. The molecular weight excluding hydrogens is 304 g/mol. The van der Waals surface area contributed by atoms with E-state index in [0.717, 1.165) is 16.4 Å². The van der Waals surface area contributed by atoms with Crippen molar-refractivity contribution in [3.63, 3.8) is 0 Å². The molecule has 0 unspecified atom stereocenters. The molecule has 0 radical (unpaired) electrons. The molecule has 1 N–H and O–H groups in total. The zero-order valence-corrected chi connectivity index (χ0v) is 12.4. The van der Waals surface area contributed by atoms with Gasteiger partial charge in [-0.15, -0.1) is 0 Å². The second-order valence-corrected chi connectivity index (χ2v) is 6.75. The van der Waals surface area contributed by atoms with Crippen molar-refractivity contribution in [1.82, 2.24) is 4.31 Å². The average molecular weight is 321 g/mol. The van der Waals surface area contributed by atoms with E-state index in [-0.39, 0.29) is 24.8 Å². The van der Waals surface area contributed by atoms with Crippen LogP contribution in [0.3, 0.4) is 0 Å². The van der Waals surface area contributed by atoms with Crippen molar-refractivity contribution in [2.24, 2.45) is 0 Å². The van der Waals surface area contributed by atoms with Crippen LogP contribution in [-0.2, 0) is 21.4 Å². The van der Waals surface area contributed by atoms with Crippen LogP contribution >= 0.6 is 0 Å². The highest BCUT2D eigenvalue weighted by atomic mass is 32.2. The number of hydrogen-bond donors (Lipinski definition) is 1. The van der Waals surface area contributed by atoms with Crippen LogP contribution in [0.5, 0.6) is 0 Å². The van der Waals surface area contributed by atoms with E-state index in [9.17, 15) is 17.2 Å². The number of hydrogen-bond acceptors (Lipinski definition) is 4. The number of ether oxygens (including phenoxy) is 1. The van der Waals surface area contributed by atoms with Crippen molar-refractivity contribution < 1.29 is 27.0 Å². The number of rotatable bonds is 7. The van der Waals surface area contributed by atoms with Crippen molar-refractivity contribution >= 4 is 10.0 Å². The maximum absolute atomic E-state index is 13.9. The Balaban J connectivity index is 2.44. The molecule has 0 spiro atoms. The number of methoxy groups -OCH3 is 1. The van der Waals surface area contributed by atoms with Crippen LogP contribution in [-0.4, -0.2) is 44.1 Å². The van der Waals surface area contributed by atoms with Gasteiger partial charge in [0.25, 0.3) is 0 Å². The maximum atomic E-state index is 13.9. The summed E-state index contributed by atoms with van der Waals surface area (Å²) in [5.74, 6) is -2.71. The van der Waals surface area contributed by atoms with E-state index in [1.165, 1.54) is 7.11 Å². The van der Waals surface area contributed by atoms with Gasteiger partial charge in [-0.05, 0) is 30.5 Å². The van der Waals surface area contributed by atoms with Gasteiger partial charge in [0.15, 0.2) is 11.6 Å². The molecule has 21 heavy (non-hydrogen) atoms. The summed E-state index contributed by atoms with van der Waals surface area (Å²) in [5.41, 5.74) is 0.00923. The van der Waals surface area contributed by atoms with E-state index in [1.807, 2.05) is 0 Å². The van der Waals surface area contributed by atoms with Crippen LogP contribution in [0.15, 0.2) is 17.0 Å². The van der Waals surface area contributed by atoms with Crippen LogP contribution < -0.4 is 0 Å². The molecule has 0 aliphatic heterocycles. The Hall–Kier alpha value is -1.09. The van der Waals surface area contributed by atoms with Crippen LogP contribution in [0.25, 0.3) is 0 Å². The average Bonchev–Trinajstić information content (AvgIpc) is 3.26. The van der Waals surface area contributed by atoms with E-state index < -0.39 is 33.2 Å². The Bertz CT molecular complexity index is 617. The summed E-state index contributed by atoms with van der Waals surface area (Å²) in [4.78, 5) is -0.741. The van der Waals surface area contributed by atoms with Crippen molar-refractivity contribution in [2.45, 2.75) is 30.4 Å². The molecule has 1 aliphatic carbocycles. The smallest absolute Gasteiger partial charge is 0.246 e. The number of nitrogens with zero attached hydrogens (tertiary/aromatic N) is 1. The van der Waals surface area contributed by atoms with Crippen molar-refractivity contribution in [3.05, 3.63) is 29.3 Å². The lowest BCUT2D eigenvalue weighted by Gasteiger charge is -2.22. The molecular formula is C13H17F2NO4S. The Morgan fingerprint density at radius 2 is 2.05 bits per heavy atom. The summed E-state index contributed by atoms with van der Waals surface area (Å²) in [7, 11) is -2.73. The first-order valence-corrected chi connectivity index (χ1v) is 7.95. The van der Waals surface area contributed by atoms with Crippen molar-refractivity contribution in [2.75, 3.05) is 20.3 Å². The van der Waals surface area contributed by atoms with Gasteiger partial charge in [-0.3, -0.25) is 0 Å². The summed E-state index contributed by atoms with van der Waals surface area (Å²) in [6, 6.07) is 1.55. The van der Waals surface area contributed by atoms with Gasteiger partial charge in [0.05, 0.1) is 13.2 Å². The summed E-state index contributed by atoms with van der Waals surface area (Å²) < 4.78 is 58.5. The van der Waals surface area contributed by atoms with Crippen LogP contribution in [0, 0.1) is 11.6 Å². The fourth-order valence-corrected chi connectivity index (χ4v) is 3.86. The van der Waals surface area contributed by atoms with Gasteiger partial charge < -0.3 is 9.84 Å². The lowest BCUT2D eigenvalue weighted by molar-refractivity contribution is 0.177. The first kappa shape index (κ1) is 16.3. The Morgan fingerprint density at radius 1 is 1.38 bits per heavy atom. The molecule has 2 rings (SSSR count). The topological polar surface area (TPSA) is 66.8 Å². The van der Waals surface area contributed by atoms with Gasteiger partial charge in [-0.25, -0.2) is 17.2 Å². The third-order valence-electron chi connectivity index (χ3n) is 3.29. The van der Waals surface area contributed by atoms with E-state index in [0.29, 0.717) is 12.8 Å². The number of benzene rings is 1. The zero-order valence-electron chi connectivity index (χ0n) is 11.6. The number of halogens is 2. The Kier molecular flexibility index (Phi) is 4.92. The number of aliphatic hydroxyl groups excluding tert-OH is 1. The SMILES string of the molecule is COCCN(C1CC1)S(=O)(=O)c1cc(CO)cc(F)c1F. The highest BCUT2D eigenvalue weighted by molar-refractivity contribution is 7.89. The largest absolute Gasteiger partial charge is 0.392 e. The molecule has 118 valence electrons. The highest BCUT2D eigenvalue weighted by Gasteiger charge is 2.39. The lowest BCUT2D eigenvalue weighted by atomic mass is 10.2. The fraction of sp³-hybridized carbons (Fsp3) is 0.538.